The Morgan fingerprint density at radius 3 is 2.74 bits per heavy atom. The number of alkyl halides is 3. The first-order chi connectivity index (χ1) is 12.9. The predicted molar refractivity (Wildman–Crippen MR) is 94.6 cm³/mol. The number of anilines is 1. The molecule has 0 bridgehead atoms. The van der Waals surface area contributed by atoms with Crippen LogP contribution < -0.4 is 10.6 Å². The molecule has 3 aromatic rings. The molecule has 0 saturated carbocycles. The van der Waals surface area contributed by atoms with Crippen LogP contribution in [0.5, 0.6) is 5.75 Å². The van der Waals surface area contributed by atoms with Gasteiger partial charge in [0.05, 0.1) is 5.56 Å². The number of hydrogen-bond acceptors (Lipinski definition) is 5. The van der Waals surface area contributed by atoms with Gasteiger partial charge < -0.3 is 15.7 Å². The minimum atomic E-state index is -4.51. The summed E-state index contributed by atoms with van der Waals surface area (Å²) in [6, 6.07) is 6.59. The number of phenols is 1. The molecule has 9 heteroatoms. The molecule has 0 spiro atoms. The Balaban J connectivity index is 1.71. The maximum absolute atomic E-state index is 12.8. The first-order valence-corrected chi connectivity index (χ1v) is 8.65. The highest BCUT2D eigenvalue weighted by Gasteiger charge is 2.31. The van der Waals surface area contributed by atoms with Crippen LogP contribution in [-0.4, -0.2) is 38.8 Å². The molecule has 1 atom stereocenters. The van der Waals surface area contributed by atoms with Gasteiger partial charge in [0, 0.05) is 29.9 Å². The summed E-state index contributed by atoms with van der Waals surface area (Å²) in [5.41, 5.74) is 0.334. The maximum Gasteiger partial charge on any atom is 0.416 e. The predicted octanol–water partition coefficient (Wildman–Crippen LogP) is 3.28. The van der Waals surface area contributed by atoms with Gasteiger partial charge in [-0.2, -0.15) is 13.2 Å². The van der Waals surface area contributed by atoms with Crippen LogP contribution in [0.1, 0.15) is 18.4 Å². The van der Waals surface area contributed by atoms with Crippen LogP contribution in [0.15, 0.2) is 36.5 Å². The Kier molecular flexibility index (Phi) is 4.39. The summed E-state index contributed by atoms with van der Waals surface area (Å²) in [6.45, 7) is 1.82. The van der Waals surface area contributed by atoms with Gasteiger partial charge in [0.2, 0.25) is 5.95 Å². The normalized spacial score (nSPS) is 18.0. The highest BCUT2D eigenvalue weighted by atomic mass is 19.4. The zero-order chi connectivity index (χ0) is 19.0. The molecule has 1 aliphatic heterocycles. The van der Waals surface area contributed by atoms with Crippen LogP contribution in [0.2, 0.25) is 0 Å². The Morgan fingerprint density at radius 2 is 2.04 bits per heavy atom. The van der Waals surface area contributed by atoms with Crippen LogP contribution >= 0.6 is 0 Å². The van der Waals surface area contributed by atoms with Crippen molar-refractivity contribution in [3.63, 3.8) is 0 Å². The summed E-state index contributed by atoms with van der Waals surface area (Å²) < 4.78 is 40.2. The summed E-state index contributed by atoms with van der Waals surface area (Å²) in [7, 11) is 0. The summed E-state index contributed by atoms with van der Waals surface area (Å²) in [4.78, 5) is 0. The molecule has 1 saturated heterocycles. The van der Waals surface area contributed by atoms with Gasteiger partial charge in [0.25, 0.3) is 0 Å². The number of piperidine rings is 1. The number of nitrogens with one attached hydrogen (secondary N) is 2. The zero-order valence-electron chi connectivity index (χ0n) is 14.3. The molecule has 3 N–H and O–H groups in total. The van der Waals surface area contributed by atoms with E-state index in [-0.39, 0.29) is 11.6 Å². The Labute approximate surface area is 153 Å². The Bertz CT molecular complexity index is 963. The molecule has 1 fully saturated rings. The first-order valence-electron chi connectivity index (χ1n) is 8.65. The van der Waals surface area contributed by atoms with Crippen LogP contribution in [0.3, 0.4) is 0 Å². The zero-order valence-corrected chi connectivity index (χ0v) is 14.3. The number of aromatic hydroxyl groups is 1. The molecule has 2 aromatic heterocycles. The lowest BCUT2D eigenvalue weighted by molar-refractivity contribution is -0.137. The third kappa shape index (κ3) is 3.42. The molecule has 0 aliphatic carbocycles. The number of aromatic nitrogens is 3. The first kappa shape index (κ1) is 17.6. The molecular weight excluding hydrogens is 359 g/mol. The molecule has 4 rings (SSSR count). The minimum Gasteiger partial charge on any atom is -0.507 e. The van der Waals surface area contributed by atoms with Crippen LogP contribution in [-0.2, 0) is 6.18 Å². The van der Waals surface area contributed by atoms with E-state index in [1.165, 1.54) is 6.07 Å². The lowest BCUT2D eigenvalue weighted by Gasteiger charge is -2.23. The van der Waals surface area contributed by atoms with E-state index in [1.807, 2.05) is 0 Å². The van der Waals surface area contributed by atoms with E-state index in [4.69, 9.17) is 0 Å². The number of hydrogen-bond donors (Lipinski definition) is 3. The molecule has 3 heterocycles. The van der Waals surface area contributed by atoms with Crippen molar-refractivity contribution in [1.82, 2.24) is 19.9 Å². The average Bonchev–Trinajstić information content (AvgIpc) is 3.05. The van der Waals surface area contributed by atoms with Gasteiger partial charge in [-0.15, -0.1) is 10.2 Å². The quantitative estimate of drug-likeness (QED) is 0.653. The highest BCUT2D eigenvalue weighted by Crippen LogP contribution is 2.37. The van der Waals surface area contributed by atoms with Gasteiger partial charge in [-0.1, -0.05) is 0 Å². The average molecular weight is 377 g/mol. The summed E-state index contributed by atoms with van der Waals surface area (Å²) in [5.74, 6) is 0.110. The van der Waals surface area contributed by atoms with Crippen molar-refractivity contribution in [3.8, 4) is 16.9 Å². The number of phenolic OH excluding ortho intramolecular Hbond substituents is 1. The number of fused-ring (bicyclic) bond motifs is 1. The molecule has 1 unspecified atom stereocenters. The number of rotatable bonds is 3. The van der Waals surface area contributed by atoms with Crippen molar-refractivity contribution in [2.75, 3.05) is 18.4 Å². The van der Waals surface area contributed by atoms with Crippen LogP contribution in [0.25, 0.3) is 16.8 Å². The molecule has 0 radical (unpaired) electrons. The third-order valence-electron chi connectivity index (χ3n) is 4.68. The maximum atomic E-state index is 12.8. The lowest BCUT2D eigenvalue weighted by Crippen LogP contribution is -2.38. The number of nitrogens with zero attached hydrogens (tertiary/aromatic N) is 3. The topological polar surface area (TPSA) is 74.5 Å². The molecule has 1 aromatic carbocycles. The SMILES string of the molecule is Oc1cc(C(F)(F)F)ccc1-c1cccn2c(NC3CCCNC3)nnc12. The molecule has 142 valence electrons. The number of halogens is 3. The van der Waals surface area contributed by atoms with Gasteiger partial charge in [-0.05, 0) is 49.7 Å². The van der Waals surface area contributed by atoms with Crippen molar-refractivity contribution >= 4 is 11.6 Å². The Morgan fingerprint density at radius 1 is 1.19 bits per heavy atom. The van der Waals surface area contributed by atoms with Gasteiger partial charge in [-0.25, -0.2) is 0 Å². The fourth-order valence-corrected chi connectivity index (χ4v) is 3.32. The third-order valence-corrected chi connectivity index (χ3v) is 4.68. The molecular formula is C18H18F3N5O. The van der Waals surface area contributed by atoms with E-state index in [0.717, 1.165) is 38.1 Å². The van der Waals surface area contributed by atoms with Crippen LogP contribution in [0.4, 0.5) is 19.1 Å². The van der Waals surface area contributed by atoms with Crippen molar-refractivity contribution < 1.29 is 18.3 Å². The van der Waals surface area contributed by atoms with Gasteiger partial charge in [0.15, 0.2) is 5.65 Å². The molecule has 1 aliphatic rings. The summed E-state index contributed by atoms with van der Waals surface area (Å²) in [5, 5.41) is 25.2. The second kappa shape index (κ2) is 6.73. The van der Waals surface area contributed by atoms with E-state index < -0.39 is 17.5 Å². The van der Waals surface area contributed by atoms with Gasteiger partial charge >= 0.3 is 6.18 Å². The largest absolute Gasteiger partial charge is 0.507 e. The van der Waals surface area contributed by atoms with Crippen molar-refractivity contribution in [2.24, 2.45) is 0 Å². The molecule has 27 heavy (non-hydrogen) atoms. The monoisotopic (exact) mass is 377 g/mol. The van der Waals surface area contributed by atoms with Crippen molar-refractivity contribution in [2.45, 2.75) is 25.1 Å². The van der Waals surface area contributed by atoms with E-state index >= 15 is 0 Å². The van der Waals surface area contributed by atoms with E-state index in [0.29, 0.717) is 17.2 Å². The number of pyridine rings is 1. The minimum absolute atomic E-state index is 0.231. The second-order valence-electron chi connectivity index (χ2n) is 6.56. The molecule has 6 nitrogen and oxygen atoms in total. The second-order valence-corrected chi connectivity index (χ2v) is 6.56. The Hall–Kier alpha value is -2.81. The lowest BCUT2D eigenvalue weighted by atomic mass is 10.0. The van der Waals surface area contributed by atoms with Crippen molar-refractivity contribution in [1.29, 1.82) is 0 Å². The van der Waals surface area contributed by atoms with E-state index in [2.05, 4.69) is 20.8 Å². The summed E-state index contributed by atoms with van der Waals surface area (Å²) in [6.07, 6.45) is -0.652. The molecule has 0 amide bonds. The van der Waals surface area contributed by atoms with Crippen molar-refractivity contribution in [3.05, 3.63) is 42.1 Å². The smallest absolute Gasteiger partial charge is 0.416 e. The van der Waals surface area contributed by atoms with Gasteiger partial charge in [0.1, 0.15) is 5.75 Å². The fourth-order valence-electron chi connectivity index (χ4n) is 3.32. The van der Waals surface area contributed by atoms with E-state index in [1.54, 1.807) is 22.7 Å². The standard InChI is InChI=1S/C18H18F3N5O/c19-18(20,21)11-5-6-13(15(27)9-11)14-4-2-8-26-16(14)24-25-17(26)23-12-3-1-7-22-10-12/h2,4-6,8-9,12,22,27H,1,3,7,10H2,(H,23,25). The van der Waals surface area contributed by atoms with Crippen LogP contribution in [0, 0.1) is 0 Å². The number of benzene rings is 1. The van der Waals surface area contributed by atoms with E-state index in [9.17, 15) is 18.3 Å². The van der Waals surface area contributed by atoms with Gasteiger partial charge in [-0.3, -0.25) is 4.40 Å². The highest BCUT2D eigenvalue weighted by molar-refractivity contribution is 5.82. The fraction of sp³-hybridized carbons (Fsp3) is 0.333. The summed E-state index contributed by atoms with van der Waals surface area (Å²) >= 11 is 0.